The minimum Gasteiger partial charge on any atom is -0.444 e. The summed E-state index contributed by atoms with van der Waals surface area (Å²) in [7, 11) is 1.75. The molecule has 2 fully saturated rings. The number of carbonyl (C=O) groups excluding carboxylic acids is 1. The van der Waals surface area contributed by atoms with Gasteiger partial charge in [-0.15, -0.1) is 0 Å². The average Bonchev–Trinajstić information content (AvgIpc) is 3.22. The molecule has 3 rings (SSSR count). The summed E-state index contributed by atoms with van der Waals surface area (Å²) in [5.74, 6) is 0.722. The summed E-state index contributed by atoms with van der Waals surface area (Å²) in [5, 5.41) is 11.3. The number of nitrogens with one attached hydrogen (secondary N) is 2. The molecule has 1 amide bonds. The van der Waals surface area contributed by atoms with Gasteiger partial charge >= 0.3 is 6.09 Å². The van der Waals surface area contributed by atoms with Crippen molar-refractivity contribution in [3.8, 4) is 0 Å². The number of carbonyl (C=O) groups is 1. The number of aliphatic imine (C=N–C) groups is 1. The van der Waals surface area contributed by atoms with Gasteiger partial charge in [0.2, 0.25) is 0 Å². The largest absolute Gasteiger partial charge is 0.444 e. The predicted octanol–water partition coefficient (Wildman–Crippen LogP) is 2.28. The molecule has 1 aromatic rings. The molecule has 0 spiro atoms. The standard InChI is InChI=1S/C19H32N6O2/c1-19(2,3)27-18(26)24-12-15(13-24)22-17(20-4)21-11-14-9-10-25(23-14)16-7-5-6-8-16/h9-10,15-16H,5-8,11-13H2,1-4H3,(H2,20,21,22). The second-order valence-electron chi connectivity index (χ2n) is 8.38. The lowest BCUT2D eigenvalue weighted by molar-refractivity contribution is 0.00701. The molecule has 0 bridgehead atoms. The molecule has 1 saturated carbocycles. The first-order chi connectivity index (χ1) is 12.8. The predicted molar refractivity (Wildman–Crippen MR) is 105 cm³/mol. The van der Waals surface area contributed by atoms with Crippen molar-refractivity contribution < 1.29 is 9.53 Å². The number of hydrogen-bond acceptors (Lipinski definition) is 4. The summed E-state index contributed by atoms with van der Waals surface area (Å²) in [6.45, 7) is 7.49. The maximum atomic E-state index is 12.0. The number of rotatable bonds is 4. The van der Waals surface area contributed by atoms with Gasteiger partial charge in [0, 0.05) is 26.3 Å². The Kier molecular flexibility index (Phi) is 5.92. The monoisotopic (exact) mass is 376 g/mol. The molecule has 2 aliphatic rings. The van der Waals surface area contributed by atoms with E-state index in [1.54, 1.807) is 11.9 Å². The molecular weight excluding hydrogens is 344 g/mol. The van der Waals surface area contributed by atoms with Gasteiger partial charge in [0.05, 0.1) is 24.3 Å². The smallest absolute Gasteiger partial charge is 0.410 e. The van der Waals surface area contributed by atoms with E-state index in [2.05, 4.69) is 37.7 Å². The van der Waals surface area contributed by atoms with Crippen molar-refractivity contribution in [2.75, 3.05) is 20.1 Å². The highest BCUT2D eigenvalue weighted by atomic mass is 16.6. The van der Waals surface area contributed by atoms with E-state index < -0.39 is 5.60 Å². The van der Waals surface area contributed by atoms with Crippen LogP contribution in [0.4, 0.5) is 4.79 Å². The molecule has 0 radical (unpaired) electrons. The molecule has 150 valence electrons. The third-order valence-electron chi connectivity index (χ3n) is 4.90. The molecule has 1 aromatic heterocycles. The van der Waals surface area contributed by atoms with Crippen LogP contribution < -0.4 is 10.6 Å². The van der Waals surface area contributed by atoms with Gasteiger partial charge < -0.3 is 20.3 Å². The van der Waals surface area contributed by atoms with E-state index in [9.17, 15) is 4.79 Å². The Bertz CT molecular complexity index is 666. The maximum absolute atomic E-state index is 12.0. The quantitative estimate of drug-likeness (QED) is 0.622. The Morgan fingerprint density at radius 2 is 2.04 bits per heavy atom. The molecule has 8 heteroatoms. The van der Waals surface area contributed by atoms with Crippen LogP contribution in [0.5, 0.6) is 0 Å². The zero-order valence-corrected chi connectivity index (χ0v) is 16.9. The van der Waals surface area contributed by atoms with Crippen LogP contribution in [-0.4, -0.2) is 58.5 Å². The fraction of sp³-hybridized carbons (Fsp3) is 0.737. The van der Waals surface area contributed by atoms with Gasteiger partial charge in [0.1, 0.15) is 5.60 Å². The Hall–Kier alpha value is -2.25. The lowest BCUT2D eigenvalue weighted by atomic mass is 10.1. The first kappa shape index (κ1) is 19.5. The van der Waals surface area contributed by atoms with Crippen molar-refractivity contribution in [3.05, 3.63) is 18.0 Å². The summed E-state index contributed by atoms with van der Waals surface area (Å²) in [6, 6.07) is 2.80. The van der Waals surface area contributed by atoms with Crippen LogP contribution >= 0.6 is 0 Å². The molecule has 0 aromatic carbocycles. The van der Waals surface area contributed by atoms with E-state index >= 15 is 0 Å². The van der Waals surface area contributed by atoms with Gasteiger partial charge in [-0.25, -0.2) is 4.79 Å². The topological polar surface area (TPSA) is 83.8 Å². The number of likely N-dealkylation sites (tertiary alicyclic amines) is 1. The molecule has 27 heavy (non-hydrogen) atoms. The first-order valence-corrected chi connectivity index (χ1v) is 9.83. The van der Waals surface area contributed by atoms with Crippen LogP contribution in [0.15, 0.2) is 17.3 Å². The highest BCUT2D eigenvalue weighted by Gasteiger charge is 2.34. The number of guanidine groups is 1. The van der Waals surface area contributed by atoms with Crippen molar-refractivity contribution in [3.63, 3.8) is 0 Å². The number of ether oxygens (including phenoxy) is 1. The van der Waals surface area contributed by atoms with Gasteiger partial charge in [-0.05, 0) is 39.7 Å². The SMILES string of the molecule is CN=C(NCc1ccn(C2CCCC2)n1)NC1CN(C(=O)OC(C)(C)C)C1. The highest BCUT2D eigenvalue weighted by molar-refractivity contribution is 5.80. The minimum atomic E-state index is -0.463. The molecule has 1 aliphatic carbocycles. The summed E-state index contributed by atoms with van der Waals surface area (Å²) >= 11 is 0. The van der Waals surface area contributed by atoms with E-state index in [0.717, 1.165) is 11.7 Å². The molecular formula is C19H32N6O2. The highest BCUT2D eigenvalue weighted by Crippen LogP contribution is 2.28. The lowest BCUT2D eigenvalue weighted by Crippen LogP contribution is -2.63. The fourth-order valence-corrected chi connectivity index (χ4v) is 3.45. The van der Waals surface area contributed by atoms with E-state index in [4.69, 9.17) is 4.74 Å². The second kappa shape index (κ2) is 8.19. The van der Waals surface area contributed by atoms with Crippen LogP contribution in [0, 0.1) is 0 Å². The zero-order valence-electron chi connectivity index (χ0n) is 16.9. The number of nitrogens with zero attached hydrogens (tertiary/aromatic N) is 4. The van der Waals surface area contributed by atoms with Crippen LogP contribution in [0.1, 0.15) is 58.2 Å². The normalized spacial score (nSPS) is 19.1. The van der Waals surface area contributed by atoms with Gasteiger partial charge in [0.25, 0.3) is 0 Å². The third-order valence-corrected chi connectivity index (χ3v) is 4.90. The summed E-state index contributed by atoms with van der Waals surface area (Å²) in [6.07, 6.45) is 6.88. The van der Waals surface area contributed by atoms with Crippen LogP contribution in [0.3, 0.4) is 0 Å². The van der Waals surface area contributed by atoms with Crippen LogP contribution in [0.2, 0.25) is 0 Å². The van der Waals surface area contributed by atoms with Crippen LogP contribution in [0.25, 0.3) is 0 Å². The van der Waals surface area contributed by atoms with Crippen LogP contribution in [-0.2, 0) is 11.3 Å². The number of hydrogen-bond donors (Lipinski definition) is 2. The Morgan fingerprint density at radius 1 is 1.33 bits per heavy atom. The number of aromatic nitrogens is 2. The molecule has 1 saturated heterocycles. The van der Waals surface area contributed by atoms with Crippen molar-refractivity contribution in [1.82, 2.24) is 25.3 Å². The van der Waals surface area contributed by atoms with Crippen molar-refractivity contribution in [2.45, 2.75) is 70.7 Å². The van der Waals surface area contributed by atoms with E-state index in [1.165, 1.54) is 25.7 Å². The van der Waals surface area contributed by atoms with Gasteiger partial charge in [-0.1, -0.05) is 12.8 Å². The first-order valence-electron chi connectivity index (χ1n) is 9.83. The van der Waals surface area contributed by atoms with Crippen molar-refractivity contribution in [1.29, 1.82) is 0 Å². The van der Waals surface area contributed by atoms with E-state index in [-0.39, 0.29) is 12.1 Å². The summed E-state index contributed by atoms with van der Waals surface area (Å²) in [4.78, 5) is 17.9. The Morgan fingerprint density at radius 3 is 2.67 bits per heavy atom. The Balaban J connectivity index is 1.40. The molecule has 8 nitrogen and oxygen atoms in total. The second-order valence-corrected chi connectivity index (χ2v) is 8.38. The molecule has 2 N–H and O–H groups in total. The minimum absolute atomic E-state index is 0.180. The zero-order chi connectivity index (χ0) is 19.4. The van der Waals surface area contributed by atoms with Gasteiger partial charge in [-0.2, -0.15) is 5.10 Å². The van der Waals surface area contributed by atoms with Gasteiger partial charge in [0.15, 0.2) is 5.96 Å². The van der Waals surface area contributed by atoms with E-state index in [1.807, 2.05) is 20.8 Å². The lowest BCUT2D eigenvalue weighted by Gasteiger charge is -2.40. The number of amides is 1. The maximum Gasteiger partial charge on any atom is 0.410 e. The average molecular weight is 377 g/mol. The summed E-state index contributed by atoms with van der Waals surface area (Å²) in [5.41, 5.74) is 0.545. The summed E-state index contributed by atoms with van der Waals surface area (Å²) < 4.78 is 7.48. The molecule has 2 heterocycles. The fourth-order valence-electron chi connectivity index (χ4n) is 3.45. The van der Waals surface area contributed by atoms with Gasteiger partial charge in [-0.3, -0.25) is 9.67 Å². The molecule has 1 aliphatic heterocycles. The van der Waals surface area contributed by atoms with Crippen molar-refractivity contribution in [2.24, 2.45) is 4.99 Å². The van der Waals surface area contributed by atoms with Crippen molar-refractivity contribution >= 4 is 12.1 Å². The molecule has 0 atom stereocenters. The molecule has 0 unspecified atom stereocenters. The van der Waals surface area contributed by atoms with E-state index in [0.29, 0.717) is 25.7 Å². The third kappa shape index (κ3) is 5.37. The Labute approximate surface area is 161 Å².